The number of fused-ring (bicyclic) bond motifs is 1. The number of ether oxygens (including phenoxy) is 2. The van der Waals surface area contributed by atoms with Crippen molar-refractivity contribution in [2.75, 3.05) is 18.5 Å². The lowest BCUT2D eigenvalue weighted by molar-refractivity contribution is -0.111. The maximum absolute atomic E-state index is 12.2. The van der Waals surface area contributed by atoms with Crippen LogP contribution < -0.4 is 10.6 Å². The second-order valence-corrected chi connectivity index (χ2v) is 7.95. The van der Waals surface area contributed by atoms with E-state index in [0.29, 0.717) is 43.0 Å². The van der Waals surface area contributed by atoms with Crippen molar-refractivity contribution in [3.05, 3.63) is 46.2 Å². The zero-order valence-corrected chi connectivity index (χ0v) is 16.3. The van der Waals surface area contributed by atoms with E-state index in [1.807, 2.05) is 0 Å². The molecule has 1 saturated heterocycles. The van der Waals surface area contributed by atoms with Crippen LogP contribution in [0.15, 0.2) is 29.1 Å². The van der Waals surface area contributed by atoms with E-state index in [-0.39, 0.29) is 18.1 Å². The van der Waals surface area contributed by atoms with Gasteiger partial charge < -0.3 is 24.5 Å². The Hall–Kier alpha value is -3.09. The number of furan rings is 1. The summed E-state index contributed by atoms with van der Waals surface area (Å²) in [6.45, 7) is 1.02. The minimum Gasteiger partial charge on any atom is -0.472 e. The average molecular weight is 413 g/mol. The summed E-state index contributed by atoms with van der Waals surface area (Å²) in [5.41, 5.74) is 2.20. The number of carbonyl (C=O) groups excluding carboxylic acids is 2. The zero-order valence-electron chi connectivity index (χ0n) is 15.5. The topological polar surface area (TPSA) is 114 Å². The van der Waals surface area contributed by atoms with Crippen LogP contribution in [0, 0.1) is 11.3 Å². The molecule has 2 aromatic heterocycles. The predicted octanol–water partition coefficient (Wildman–Crippen LogP) is 2.85. The fraction of sp³-hybridized carbons (Fsp3) is 0.350. The predicted molar refractivity (Wildman–Crippen MR) is 105 cm³/mol. The van der Waals surface area contributed by atoms with Crippen LogP contribution in [-0.2, 0) is 27.1 Å². The van der Waals surface area contributed by atoms with Crippen molar-refractivity contribution in [3.63, 3.8) is 0 Å². The van der Waals surface area contributed by atoms with Gasteiger partial charge in [-0.2, -0.15) is 5.26 Å². The third kappa shape index (κ3) is 4.50. The Morgan fingerprint density at radius 1 is 1.38 bits per heavy atom. The number of nitrogens with one attached hydrogen (secondary N) is 2. The summed E-state index contributed by atoms with van der Waals surface area (Å²) >= 11 is 1.36. The van der Waals surface area contributed by atoms with E-state index in [9.17, 15) is 14.9 Å². The van der Waals surface area contributed by atoms with Gasteiger partial charge in [0.25, 0.3) is 0 Å². The summed E-state index contributed by atoms with van der Waals surface area (Å²) in [7, 11) is 0. The SMILES string of the molecule is N#Cc1c(NC(=O)/C=C/c2ccoc2)sc2c1CCC(OC(=O)NC1COC1)C2. The van der Waals surface area contributed by atoms with E-state index in [2.05, 4.69) is 16.7 Å². The van der Waals surface area contributed by atoms with Crippen LogP contribution in [0.3, 0.4) is 0 Å². The van der Waals surface area contributed by atoms with Crippen LogP contribution in [0.4, 0.5) is 9.80 Å². The molecule has 2 amide bonds. The van der Waals surface area contributed by atoms with Crippen LogP contribution in [0.5, 0.6) is 0 Å². The van der Waals surface area contributed by atoms with Gasteiger partial charge in [-0.3, -0.25) is 4.79 Å². The van der Waals surface area contributed by atoms with E-state index in [0.717, 1.165) is 16.0 Å². The van der Waals surface area contributed by atoms with Crippen LogP contribution in [0.1, 0.15) is 28.0 Å². The number of alkyl carbamates (subject to hydrolysis) is 1. The summed E-state index contributed by atoms with van der Waals surface area (Å²) in [5, 5.41) is 15.6. The summed E-state index contributed by atoms with van der Waals surface area (Å²) in [6, 6.07) is 3.96. The highest BCUT2D eigenvalue weighted by atomic mass is 32.1. The van der Waals surface area contributed by atoms with Crippen molar-refractivity contribution in [1.82, 2.24) is 5.32 Å². The van der Waals surface area contributed by atoms with Crippen molar-refractivity contribution >= 4 is 34.4 Å². The molecule has 0 radical (unpaired) electrons. The molecule has 3 heterocycles. The standard InChI is InChI=1S/C20H19N3O5S/c21-8-16-15-3-2-14(28-20(25)22-13-10-27-11-13)7-17(15)29-19(16)23-18(24)4-1-12-5-6-26-9-12/h1,4-6,9,13-14H,2-3,7,10-11H2,(H,22,25)(H,23,24)/b4-1+. The quantitative estimate of drug-likeness (QED) is 0.729. The Morgan fingerprint density at radius 3 is 2.93 bits per heavy atom. The molecule has 150 valence electrons. The average Bonchev–Trinajstić information content (AvgIpc) is 3.30. The van der Waals surface area contributed by atoms with Gasteiger partial charge in [0.1, 0.15) is 17.2 Å². The number of rotatable bonds is 5. The maximum atomic E-state index is 12.2. The number of anilines is 1. The molecule has 1 fully saturated rings. The summed E-state index contributed by atoms with van der Waals surface area (Å²) < 4.78 is 15.5. The fourth-order valence-electron chi connectivity index (χ4n) is 3.23. The third-order valence-electron chi connectivity index (χ3n) is 4.77. The highest BCUT2D eigenvalue weighted by Gasteiger charge is 2.29. The van der Waals surface area contributed by atoms with Crippen LogP contribution in [0.25, 0.3) is 6.08 Å². The molecular formula is C20H19N3O5S. The van der Waals surface area contributed by atoms with Gasteiger partial charge in [-0.05, 0) is 30.5 Å². The number of amides is 2. The minimum atomic E-state index is -0.443. The van der Waals surface area contributed by atoms with E-state index < -0.39 is 6.09 Å². The van der Waals surface area contributed by atoms with Crippen LogP contribution in [0.2, 0.25) is 0 Å². The first kappa shape index (κ1) is 19.2. The molecule has 0 saturated carbocycles. The molecule has 9 heteroatoms. The molecule has 2 aliphatic rings. The van der Waals surface area contributed by atoms with Crippen molar-refractivity contribution in [2.45, 2.75) is 31.4 Å². The smallest absolute Gasteiger partial charge is 0.407 e. The molecule has 0 spiro atoms. The Morgan fingerprint density at radius 2 is 2.24 bits per heavy atom. The normalized spacial score (nSPS) is 18.5. The number of nitrogens with zero attached hydrogens (tertiary/aromatic N) is 1. The minimum absolute atomic E-state index is 0.0190. The molecule has 1 atom stereocenters. The monoisotopic (exact) mass is 413 g/mol. The molecule has 2 N–H and O–H groups in total. The van der Waals surface area contributed by atoms with Gasteiger partial charge in [-0.25, -0.2) is 4.79 Å². The fourth-order valence-corrected chi connectivity index (χ4v) is 4.49. The van der Waals surface area contributed by atoms with E-state index >= 15 is 0 Å². The molecular weight excluding hydrogens is 394 g/mol. The van der Waals surface area contributed by atoms with Gasteiger partial charge >= 0.3 is 6.09 Å². The first-order valence-corrected chi connectivity index (χ1v) is 10.0. The Balaban J connectivity index is 1.39. The van der Waals surface area contributed by atoms with Gasteiger partial charge in [0.05, 0.1) is 37.3 Å². The lowest BCUT2D eigenvalue weighted by atomic mass is 9.94. The van der Waals surface area contributed by atoms with Gasteiger partial charge in [0, 0.05) is 22.9 Å². The molecule has 1 unspecified atom stereocenters. The molecule has 2 aromatic rings. The number of hydrogen-bond acceptors (Lipinski definition) is 7. The first-order valence-electron chi connectivity index (χ1n) is 9.23. The molecule has 29 heavy (non-hydrogen) atoms. The number of nitriles is 1. The van der Waals surface area contributed by atoms with Gasteiger partial charge in [0.2, 0.25) is 5.91 Å². The highest BCUT2D eigenvalue weighted by Crippen LogP contribution is 2.38. The highest BCUT2D eigenvalue weighted by molar-refractivity contribution is 7.16. The Labute approximate surface area is 171 Å². The molecule has 4 rings (SSSR count). The van der Waals surface area contributed by atoms with Crippen LogP contribution >= 0.6 is 11.3 Å². The van der Waals surface area contributed by atoms with Crippen molar-refractivity contribution in [2.24, 2.45) is 0 Å². The van der Waals surface area contributed by atoms with Gasteiger partial charge in [-0.1, -0.05) is 0 Å². The maximum Gasteiger partial charge on any atom is 0.407 e. The first-order chi connectivity index (χ1) is 14.1. The second kappa shape index (κ2) is 8.51. The Bertz CT molecular complexity index is 969. The lowest BCUT2D eigenvalue weighted by Gasteiger charge is -2.28. The molecule has 0 bridgehead atoms. The zero-order chi connectivity index (χ0) is 20.2. The van der Waals surface area contributed by atoms with Crippen molar-refractivity contribution < 1.29 is 23.5 Å². The van der Waals surface area contributed by atoms with Gasteiger partial charge in [0.15, 0.2) is 0 Å². The Kier molecular flexibility index (Phi) is 5.64. The second-order valence-electron chi connectivity index (χ2n) is 6.85. The van der Waals surface area contributed by atoms with E-state index in [1.165, 1.54) is 29.9 Å². The summed E-state index contributed by atoms with van der Waals surface area (Å²) in [4.78, 5) is 25.1. The lowest BCUT2D eigenvalue weighted by Crippen LogP contribution is -2.49. The summed E-state index contributed by atoms with van der Waals surface area (Å²) in [5.74, 6) is -0.323. The number of thiophene rings is 1. The largest absolute Gasteiger partial charge is 0.472 e. The van der Waals surface area contributed by atoms with E-state index in [1.54, 1.807) is 12.1 Å². The molecule has 1 aliphatic carbocycles. The molecule has 8 nitrogen and oxygen atoms in total. The third-order valence-corrected chi connectivity index (χ3v) is 5.94. The van der Waals surface area contributed by atoms with E-state index in [4.69, 9.17) is 13.9 Å². The number of carbonyl (C=O) groups is 2. The van der Waals surface area contributed by atoms with Crippen LogP contribution in [-0.4, -0.2) is 37.4 Å². The number of hydrogen-bond donors (Lipinski definition) is 2. The molecule has 0 aromatic carbocycles. The summed E-state index contributed by atoms with van der Waals surface area (Å²) in [6.07, 6.45) is 7.18. The molecule has 1 aliphatic heterocycles. The van der Waals surface area contributed by atoms with Crippen molar-refractivity contribution in [1.29, 1.82) is 5.26 Å². The van der Waals surface area contributed by atoms with Crippen molar-refractivity contribution in [3.8, 4) is 6.07 Å². The van der Waals surface area contributed by atoms with Gasteiger partial charge in [-0.15, -0.1) is 11.3 Å².